The molecule has 3 N–H and O–H groups in total. The molecule has 1 unspecified atom stereocenters. The van der Waals surface area contributed by atoms with Gasteiger partial charge in [-0.25, -0.2) is 4.39 Å². The molecule has 4 heteroatoms. The minimum atomic E-state index is -0.418. The lowest BCUT2D eigenvalue weighted by atomic mass is 10.1. The van der Waals surface area contributed by atoms with E-state index in [4.69, 9.17) is 5.73 Å². The summed E-state index contributed by atoms with van der Waals surface area (Å²) in [5.41, 5.74) is 6.60. The van der Waals surface area contributed by atoms with Crippen LogP contribution in [0.1, 0.15) is 25.3 Å². The van der Waals surface area contributed by atoms with Crippen LogP contribution >= 0.6 is 0 Å². The number of benzene rings is 1. The van der Waals surface area contributed by atoms with Crippen LogP contribution < -0.4 is 11.1 Å². The highest BCUT2D eigenvalue weighted by atomic mass is 19.1. The molecule has 0 radical (unpaired) electrons. The highest BCUT2D eigenvalue weighted by molar-refractivity contribution is 5.91. The Labute approximate surface area is 94.8 Å². The first-order valence-electron chi connectivity index (χ1n) is 5.35. The van der Waals surface area contributed by atoms with Crippen molar-refractivity contribution in [3.05, 3.63) is 29.6 Å². The smallest absolute Gasteiger partial charge is 0.226 e. The van der Waals surface area contributed by atoms with Gasteiger partial charge in [0.15, 0.2) is 0 Å². The third-order valence-electron chi connectivity index (χ3n) is 2.46. The van der Waals surface area contributed by atoms with Crippen LogP contribution in [-0.4, -0.2) is 11.9 Å². The van der Waals surface area contributed by atoms with Gasteiger partial charge in [0.1, 0.15) is 5.82 Å². The van der Waals surface area contributed by atoms with E-state index in [1.165, 1.54) is 6.07 Å². The predicted molar refractivity (Wildman–Crippen MR) is 62.7 cm³/mol. The van der Waals surface area contributed by atoms with Gasteiger partial charge < -0.3 is 11.1 Å². The van der Waals surface area contributed by atoms with Crippen LogP contribution in [0.3, 0.4) is 0 Å². The molecule has 1 amide bonds. The second kappa shape index (κ2) is 5.61. The first kappa shape index (κ1) is 12.6. The van der Waals surface area contributed by atoms with E-state index in [1.807, 2.05) is 6.92 Å². The maximum Gasteiger partial charge on any atom is 0.226 e. The highest BCUT2D eigenvalue weighted by Crippen LogP contribution is 2.18. The molecule has 0 bridgehead atoms. The Hall–Kier alpha value is -1.42. The fourth-order valence-electron chi connectivity index (χ4n) is 1.36. The number of rotatable bonds is 4. The Morgan fingerprint density at radius 3 is 2.81 bits per heavy atom. The summed E-state index contributed by atoms with van der Waals surface area (Å²) >= 11 is 0. The first-order valence-corrected chi connectivity index (χ1v) is 5.35. The number of para-hydroxylation sites is 1. The van der Waals surface area contributed by atoms with Crippen LogP contribution in [0.5, 0.6) is 0 Å². The minimum absolute atomic E-state index is 0.174. The van der Waals surface area contributed by atoms with E-state index in [1.54, 1.807) is 19.1 Å². The van der Waals surface area contributed by atoms with Crippen molar-refractivity contribution in [1.82, 2.24) is 0 Å². The lowest BCUT2D eigenvalue weighted by molar-refractivity contribution is -0.116. The summed E-state index contributed by atoms with van der Waals surface area (Å²) in [5, 5.41) is 2.55. The van der Waals surface area contributed by atoms with Crippen molar-refractivity contribution in [2.45, 2.75) is 32.7 Å². The number of nitrogens with two attached hydrogens (primary N) is 1. The Morgan fingerprint density at radius 1 is 1.56 bits per heavy atom. The van der Waals surface area contributed by atoms with Crippen molar-refractivity contribution in [2.75, 3.05) is 5.32 Å². The summed E-state index contributed by atoms with van der Waals surface area (Å²) in [6.07, 6.45) is 0.938. The monoisotopic (exact) mass is 224 g/mol. The molecule has 0 aromatic heterocycles. The molecule has 0 heterocycles. The zero-order chi connectivity index (χ0) is 12.1. The molecule has 1 rings (SSSR count). The SMILES string of the molecule is CCC(N)CC(=O)Nc1c(C)cccc1F. The van der Waals surface area contributed by atoms with Gasteiger partial charge in [-0.15, -0.1) is 0 Å². The van der Waals surface area contributed by atoms with Crippen molar-refractivity contribution in [2.24, 2.45) is 5.73 Å². The number of hydrogen-bond acceptors (Lipinski definition) is 2. The molecule has 0 spiro atoms. The molecule has 3 nitrogen and oxygen atoms in total. The summed E-state index contributed by atoms with van der Waals surface area (Å²) in [4.78, 5) is 11.5. The number of hydrogen-bond donors (Lipinski definition) is 2. The zero-order valence-corrected chi connectivity index (χ0v) is 9.59. The molecule has 16 heavy (non-hydrogen) atoms. The van der Waals surface area contributed by atoms with E-state index in [9.17, 15) is 9.18 Å². The second-order valence-corrected chi connectivity index (χ2v) is 3.85. The van der Waals surface area contributed by atoms with E-state index >= 15 is 0 Å². The van der Waals surface area contributed by atoms with Crippen molar-refractivity contribution < 1.29 is 9.18 Å². The van der Waals surface area contributed by atoms with E-state index in [0.717, 1.165) is 6.42 Å². The quantitative estimate of drug-likeness (QED) is 0.823. The van der Waals surface area contributed by atoms with Crippen molar-refractivity contribution in [3.8, 4) is 0 Å². The molecule has 88 valence electrons. The van der Waals surface area contributed by atoms with Crippen molar-refractivity contribution in [1.29, 1.82) is 0 Å². The van der Waals surface area contributed by atoms with E-state index < -0.39 is 5.82 Å². The summed E-state index contributed by atoms with van der Waals surface area (Å²) in [6.45, 7) is 3.66. The maximum absolute atomic E-state index is 13.4. The third kappa shape index (κ3) is 3.31. The number of amides is 1. The molecule has 0 saturated carbocycles. The minimum Gasteiger partial charge on any atom is -0.327 e. The van der Waals surface area contributed by atoms with E-state index in [0.29, 0.717) is 5.56 Å². The average molecular weight is 224 g/mol. The van der Waals surface area contributed by atoms with Crippen LogP contribution in [-0.2, 0) is 4.79 Å². The largest absolute Gasteiger partial charge is 0.327 e. The summed E-state index contributed by atoms with van der Waals surface area (Å²) in [6, 6.07) is 4.51. The fourth-order valence-corrected chi connectivity index (χ4v) is 1.36. The molecular weight excluding hydrogens is 207 g/mol. The lowest BCUT2D eigenvalue weighted by Crippen LogP contribution is -2.26. The predicted octanol–water partition coefficient (Wildman–Crippen LogP) is 2.20. The molecular formula is C12H17FN2O. The first-order chi connectivity index (χ1) is 7.54. The van der Waals surface area contributed by atoms with E-state index in [-0.39, 0.29) is 24.1 Å². The van der Waals surface area contributed by atoms with Crippen molar-refractivity contribution >= 4 is 11.6 Å². The molecule has 0 aliphatic rings. The highest BCUT2D eigenvalue weighted by Gasteiger charge is 2.11. The van der Waals surface area contributed by atoms with Gasteiger partial charge in [0.25, 0.3) is 0 Å². The van der Waals surface area contributed by atoms with Gasteiger partial charge in [-0.05, 0) is 25.0 Å². The standard InChI is InChI=1S/C12H17FN2O/c1-3-9(14)7-11(16)15-12-8(2)5-4-6-10(12)13/h4-6,9H,3,7,14H2,1-2H3,(H,15,16). The topological polar surface area (TPSA) is 55.1 Å². The number of carbonyl (C=O) groups is 1. The second-order valence-electron chi connectivity index (χ2n) is 3.85. The molecule has 0 fully saturated rings. The van der Waals surface area contributed by atoms with Crippen LogP contribution in [0.15, 0.2) is 18.2 Å². The van der Waals surface area contributed by atoms with Gasteiger partial charge in [-0.2, -0.15) is 0 Å². The normalized spacial score (nSPS) is 12.2. The van der Waals surface area contributed by atoms with Crippen LogP contribution in [0, 0.1) is 12.7 Å². The van der Waals surface area contributed by atoms with Gasteiger partial charge in [-0.3, -0.25) is 4.79 Å². The summed E-state index contributed by atoms with van der Waals surface area (Å²) in [7, 11) is 0. The summed E-state index contributed by atoms with van der Waals surface area (Å²) < 4.78 is 13.4. The lowest BCUT2D eigenvalue weighted by Gasteiger charge is -2.11. The maximum atomic E-state index is 13.4. The number of halogens is 1. The Balaban J connectivity index is 2.70. The number of nitrogens with one attached hydrogen (secondary N) is 1. The molecule has 0 aliphatic heterocycles. The average Bonchev–Trinajstić information content (AvgIpc) is 2.23. The Kier molecular flexibility index (Phi) is 4.43. The fraction of sp³-hybridized carbons (Fsp3) is 0.417. The molecule has 0 aliphatic carbocycles. The van der Waals surface area contributed by atoms with Crippen molar-refractivity contribution in [3.63, 3.8) is 0 Å². The molecule has 0 saturated heterocycles. The van der Waals surface area contributed by atoms with Gasteiger partial charge in [0, 0.05) is 12.5 Å². The molecule has 1 aromatic carbocycles. The Morgan fingerprint density at radius 2 is 2.25 bits per heavy atom. The van der Waals surface area contributed by atoms with Gasteiger partial charge in [0.05, 0.1) is 5.69 Å². The molecule has 1 aromatic rings. The van der Waals surface area contributed by atoms with Crippen LogP contribution in [0.4, 0.5) is 10.1 Å². The van der Waals surface area contributed by atoms with Gasteiger partial charge >= 0.3 is 0 Å². The van der Waals surface area contributed by atoms with Gasteiger partial charge in [-0.1, -0.05) is 19.1 Å². The Bertz CT molecular complexity index is 359. The number of anilines is 1. The third-order valence-corrected chi connectivity index (χ3v) is 2.46. The van der Waals surface area contributed by atoms with Crippen LogP contribution in [0.2, 0.25) is 0 Å². The zero-order valence-electron chi connectivity index (χ0n) is 9.59. The summed E-state index contributed by atoms with van der Waals surface area (Å²) in [5.74, 6) is -0.666. The van der Waals surface area contributed by atoms with Gasteiger partial charge in [0.2, 0.25) is 5.91 Å². The van der Waals surface area contributed by atoms with E-state index in [2.05, 4.69) is 5.32 Å². The number of carbonyl (C=O) groups excluding carboxylic acids is 1. The number of aryl methyl sites for hydroxylation is 1. The molecule has 1 atom stereocenters. The van der Waals surface area contributed by atoms with Crippen LogP contribution in [0.25, 0.3) is 0 Å².